The van der Waals surface area contributed by atoms with Crippen molar-refractivity contribution in [2.45, 2.75) is 244 Å². The lowest BCUT2D eigenvalue weighted by Gasteiger charge is -2.46. The highest BCUT2D eigenvalue weighted by Gasteiger charge is 2.46. The quantitative estimate of drug-likeness (QED) is 0.0897. The highest BCUT2D eigenvalue weighted by molar-refractivity contribution is 7.00. The summed E-state index contributed by atoms with van der Waals surface area (Å²) >= 11 is 0. The summed E-state index contributed by atoms with van der Waals surface area (Å²) in [5, 5.41) is 2.24. The maximum absolute atomic E-state index is 10.9. The molecule has 650 valence electrons. The highest BCUT2D eigenvalue weighted by Crippen LogP contribution is 2.55. The number of fused-ring (bicyclic) bond motifs is 10. The number of rotatable bonds is 16. The summed E-state index contributed by atoms with van der Waals surface area (Å²) in [6, 6.07) is 72.7. The molecule has 0 radical (unpaired) electrons. The second-order valence-corrected chi connectivity index (χ2v) is 47.4. The van der Waals surface area contributed by atoms with Gasteiger partial charge >= 0.3 is 0 Å². The Morgan fingerprint density at radius 3 is 0.898 bits per heavy atom. The molecule has 0 spiro atoms. The fourth-order valence-electron chi connectivity index (χ4n) is 20.1. The number of hydrogen-bond donors (Lipinski definition) is 0. The van der Waals surface area contributed by atoms with E-state index < -0.39 is 35.7 Å². The molecule has 0 amide bonds. The molecule has 4 heterocycles. The minimum absolute atomic E-state index is 0.109. The minimum atomic E-state index is -1.97. The van der Waals surface area contributed by atoms with Gasteiger partial charge in [0.25, 0.3) is 6.71 Å². The summed E-state index contributed by atoms with van der Waals surface area (Å²) in [5.74, 6) is 0. The van der Waals surface area contributed by atoms with Crippen LogP contribution in [0.5, 0.6) is 0 Å². The van der Waals surface area contributed by atoms with Crippen molar-refractivity contribution in [3.05, 3.63) is 305 Å². The number of nitrogens with zero attached hydrogens (tertiary/aromatic N) is 4. The standard InChI is InChI=1S/C122H139BN4/c1-114(2,3)70-78-36-32-40-84(56-78)95-68-107(97(62-88(95)76-120(19,20)21)86-42-34-38-80(58-86)72-116(7,8)9)126-109-66-91(124-103-46-30-28-44-93(103)99-60-82(48-54-105(99)124)74-118(13,14)15)50-52-101(109)123-102-53-51-92(125-104-47-31-29-45-94(104)100-61-83(49-55-106(100)125)75-119(16,17)18)67-110(102)127(112-65-90(122(25,26)27)64-111(126)113(112)123)108-69-96(85-41-33-37-79(57-85)71-115(4,5)6)89(77-121(22,23)24)63-98(108)87-43-35-39-81(59-87)73-117(10,11)12/h28-69H,70-77H2,1-27H3/i28D,29D,30D,31D,44D,45D,46D,47D,76D2,77D2. The third-order valence-electron chi connectivity index (χ3n) is 24.5. The summed E-state index contributed by atoms with van der Waals surface area (Å²) in [5.41, 5.74) is 22.5. The van der Waals surface area contributed by atoms with Crippen LogP contribution in [-0.2, 0) is 56.7 Å². The molecule has 0 fully saturated rings. The van der Waals surface area contributed by atoms with E-state index in [-0.39, 0.29) is 80.8 Å². The first-order valence-electron chi connectivity index (χ1n) is 52.2. The van der Waals surface area contributed by atoms with Crippen molar-refractivity contribution in [1.82, 2.24) is 9.13 Å². The molecule has 15 aromatic rings. The first kappa shape index (κ1) is 74.1. The van der Waals surface area contributed by atoms with Gasteiger partial charge in [0.05, 0.1) is 44.4 Å². The zero-order valence-electron chi connectivity index (χ0n) is 92.7. The van der Waals surface area contributed by atoms with Crippen molar-refractivity contribution in [2.75, 3.05) is 9.80 Å². The Kier molecular flexibility index (Phi) is 18.7. The van der Waals surface area contributed by atoms with E-state index in [0.29, 0.717) is 79.0 Å². The molecule has 0 aliphatic carbocycles. The Morgan fingerprint density at radius 2 is 0.583 bits per heavy atom. The number of benzene rings is 13. The first-order valence-corrected chi connectivity index (χ1v) is 46.2. The average molecular weight is 1680 g/mol. The van der Waals surface area contributed by atoms with Crippen molar-refractivity contribution in [2.24, 2.45) is 43.3 Å². The zero-order chi connectivity index (χ0) is 101. The van der Waals surface area contributed by atoms with Crippen LogP contribution in [0.25, 0.3) is 99.5 Å². The third-order valence-corrected chi connectivity index (χ3v) is 24.5. The van der Waals surface area contributed by atoms with Gasteiger partial charge in [-0.3, -0.25) is 0 Å². The molecule has 13 aromatic carbocycles. The molecule has 5 heteroatoms. The smallest absolute Gasteiger partial charge is 0.252 e. The Morgan fingerprint density at radius 1 is 0.268 bits per heavy atom. The second-order valence-electron chi connectivity index (χ2n) is 47.4. The van der Waals surface area contributed by atoms with Crippen molar-refractivity contribution in [3.63, 3.8) is 0 Å². The summed E-state index contributed by atoms with van der Waals surface area (Å²) in [6.45, 7) is 58.4. The van der Waals surface area contributed by atoms with Crippen LogP contribution in [0.4, 0.5) is 34.1 Å². The lowest BCUT2D eigenvalue weighted by atomic mass is 9.33. The first-order chi connectivity index (χ1) is 64.4. The van der Waals surface area contributed by atoms with Gasteiger partial charge in [-0.1, -0.05) is 345 Å². The van der Waals surface area contributed by atoms with E-state index >= 15 is 0 Å². The molecule has 0 saturated carbocycles. The van der Waals surface area contributed by atoms with Crippen LogP contribution >= 0.6 is 0 Å². The van der Waals surface area contributed by atoms with Gasteiger partial charge in [-0.15, -0.1) is 0 Å². The molecular formula is C122H139BN4. The Labute approximate surface area is 779 Å². The Balaban J connectivity index is 1.11. The molecule has 17 rings (SSSR count). The van der Waals surface area contributed by atoms with Crippen LogP contribution < -0.4 is 26.2 Å². The SMILES string of the molecule is [2H]c1c([2H])c([2H])c2c(c1[2H])c1cc(CC(C)(C)C)ccc1n2-c1ccc2c(c1)N(c1cc(-c3cccc(CC(C)(C)C)c3)c(C([2H])([2H])C(C)(C)C)cc1-c1cccc(CC(C)(C)C)c1)c1cc(C(C)(C)C)cc3c1B2c1ccc(-n2c4ccc(CC(C)(C)C)cc4c4c([2H])c([2H])c([2H])c([2H])c42)cc1N3c1cc(-c2cccc(CC(C)(C)C)c2)c(C([2H])([2H])C(C)(C)C)cc1-c1cccc(CC(C)(C)C)c1. The van der Waals surface area contributed by atoms with Crippen molar-refractivity contribution in [3.8, 4) is 55.9 Å². The fraction of sp³-hybridized carbons (Fsp3) is 0.361. The van der Waals surface area contributed by atoms with Gasteiger partial charge in [-0.2, -0.15) is 0 Å². The van der Waals surface area contributed by atoms with Crippen LogP contribution in [0.2, 0.25) is 0 Å². The van der Waals surface area contributed by atoms with Gasteiger partial charge in [0.1, 0.15) is 0 Å². The lowest BCUT2D eigenvalue weighted by Crippen LogP contribution is -2.61. The minimum Gasteiger partial charge on any atom is -0.311 e. The molecule has 0 saturated heterocycles. The number of anilines is 6. The molecule has 0 unspecified atom stereocenters. The maximum atomic E-state index is 10.9. The van der Waals surface area contributed by atoms with Crippen LogP contribution in [0.1, 0.15) is 253 Å². The third kappa shape index (κ3) is 18.6. The highest BCUT2D eigenvalue weighted by atomic mass is 15.2. The monoisotopic (exact) mass is 1680 g/mol. The van der Waals surface area contributed by atoms with Crippen LogP contribution in [0.3, 0.4) is 0 Å². The maximum Gasteiger partial charge on any atom is 0.252 e. The average Bonchev–Trinajstić information content (AvgIpc) is 0.949. The van der Waals surface area contributed by atoms with Gasteiger partial charge in [-0.25, -0.2) is 0 Å². The van der Waals surface area contributed by atoms with Crippen LogP contribution in [0.15, 0.2) is 255 Å². The van der Waals surface area contributed by atoms with E-state index in [1.165, 1.54) is 0 Å². The predicted molar refractivity (Wildman–Crippen MR) is 555 cm³/mol. The molecule has 0 N–H and O–H groups in total. The number of hydrogen-bond acceptors (Lipinski definition) is 2. The van der Waals surface area contributed by atoms with Crippen LogP contribution in [0, 0.1) is 43.3 Å². The second kappa shape index (κ2) is 32.1. The van der Waals surface area contributed by atoms with Gasteiger partial charge in [0, 0.05) is 72.3 Å². The molecule has 0 bridgehead atoms. The molecule has 4 nitrogen and oxygen atoms in total. The molecular weight excluding hydrogens is 1530 g/mol. The molecule has 2 aromatic heterocycles. The van der Waals surface area contributed by atoms with Crippen LogP contribution in [-0.4, -0.2) is 15.8 Å². The lowest BCUT2D eigenvalue weighted by molar-refractivity contribution is 0.410. The van der Waals surface area contributed by atoms with Crippen molar-refractivity contribution < 1.29 is 16.4 Å². The fourth-order valence-corrected chi connectivity index (χ4v) is 20.1. The topological polar surface area (TPSA) is 16.3 Å². The number of aromatic nitrogens is 2. The summed E-state index contributed by atoms with van der Waals surface area (Å²) in [6.07, 6.45) is 0.473. The van der Waals surface area contributed by atoms with E-state index in [9.17, 15) is 16.4 Å². The van der Waals surface area contributed by atoms with E-state index in [0.717, 1.165) is 160 Å². The normalized spacial score (nSPS) is 15.3. The van der Waals surface area contributed by atoms with Gasteiger partial charge in [-0.05, 0) is 297 Å². The van der Waals surface area contributed by atoms with Gasteiger partial charge < -0.3 is 18.9 Å². The largest absolute Gasteiger partial charge is 0.311 e. The van der Waals surface area contributed by atoms with Crippen molar-refractivity contribution in [1.29, 1.82) is 0 Å². The van der Waals surface area contributed by atoms with E-state index in [4.69, 9.17) is 0 Å². The molecule has 127 heavy (non-hydrogen) atoms. The summed E-state index contributed by atoms with van der Waals surface area (Å²) < 4.78 is 126. The van der Waals surface area contributed by atoms with E-state index in [1.807, 2.05) is 50.7 Å². The molecule has 2 aliphatic heterocycles. The predicted octanol–water partition coefficient (Wildman–Crippen LogP) is 32.6. The van der Waals surface area contributed by atoms with Gasteiger partial charge in [0.2, 0.25) is 0 Å². The summed E-state index contributed by atoms with van der Waals surface area (Å²) in [7, 11) is 0. The Hall–Kier alpha value is -10.9. The molecule has 0 atom stereocenters. The Bertz CT molecular complexity index is 7070. The van der Waals surface area contributed by atoms with Gasteiger partial charge in [0.15, 0.2) is 0 Å². The molecule has 2 aliphatic rings. The van der Waals surface area contributed by atoms with Crippen molar-refractivity contribution >= 4 is 101 Å². The zero-order valence-corrected chi connectivity index (χ0v) is 80.7. The number of para-hydroxylation sites is 2. The summed E-state index contributed by atoms with van der Waals surface area (Å²) in [4.78, 5) is 4.92. The van der Waals surface area contributed by atoms with E-state index in [1.54, 1.807) is 0 Å². The van der Waals surface area contributed by atoms with E-state index in [2.05, 4.69) is 361 Å².